The summed E-state index contributed by atoms with van der Waals surface area (Å²) in [6, 6.07) is 8.85. The van der Waals surface area contributed by atoms with Gasteiger partial charge in [0.1, 0.15) is 5.75 Å². The summed E-state index contributed by atoms with van der Waals surface area (Å²) in [5.74, 6) is 0.801. The van der Waals surface area contributed by atoms with E-state index in [1.807, 2.05) is 25.1 Å². The second-order valence-corrected chi connectivity index (χ2v) is 1.90. The Hall–Kier alpha value is -0.980. The van der Waals surface area contributed by atoms with Gasteiger partial charge in [-0.1, -0.05) is 12.1 Å². The van der Waals surface area contributed by atoms with E-state index in [2.05, 4.69) is 6.07 Å². The summed E-state index contributed by atoms with van der Waals surface area (Å²) in [5, 5.41) is 0. The molecule has 0 unspecified atom stereocenters. The number of ether oxygens (including phenoxy) is 1. The van der Waals surface area contributed by atoms with E-state index in [1.54, 1.807) is 7.11 Å². The highest BCUT2D eigenvalue weighted by molar-refractivity contribution is 5.25. The molecule has 0 atom stereocenters. The third kappa shape index (κ3) is 1.46. The van der Waals surface area contributed by atoms with Gasteiger partial charge in [-0.2, -0.15) is 0 Å². The van der Waals surface area contributed by atoms with Gasteiger partial charge in [0.2, 0.25) is 0 Å². The van der Waals surface area contributed by atoms with E-state index in [4.69, 9.17) is 4.74 Å². The molecule has 0 N–H and O–H groups in total. The van der Waals surface area contributed by atoms with Crippen LogP contribution in [0.25, 0.3) is 0 Å². The molecule has 1 heteroatoms. The van der Waals surface area contributed by atoms with Gasteiger partial charge in [-0.05, 0) is 18.6 Å². The Bertz CT molecular complexity index is 194. The predicted octanol–water partition coefficient (Wildman–Crippen LogP) is 1.80. The fraction of sp³-hybridized carbons (Fsp3) is 0.250. The SMILES string of the molecule is COc1[c]c(C)ccc1. The van der Waals surface area contributed by atoms with Crippen LogP contribution in [0.15, 0.2) is 18.2 Å². The molecule has 0 aliphatic rings. The van der Waals surface area contributed by atoms with Crippen molar-refractivity contribution in [1.82, 2.24) is 0 Å². The van der Waals surface area contributed by atoms with Gasteiger partial charge in [-0.15, -0.1) is 0 Å². The first kappa shape index (κ1) is 6.14. The van der Waals surface area contributed by atoms with Crippen LogP contribution in [0.2, 0.25) is 0 Å². The Kier molecular flexibility index (Phi) is 1.73. The zero-order chi connectivity index (χ0) is 6.69. The standard InChI is InChI=1S/C8H9O/c1-7-4-3-5-8(6-7)9-2/h3-5H,1-2H3. The van der Waals surface area contributed by atoms with E-state index in [0.29, 0.717) is 0 Å². The Balaban J connectivity index is 2.94. The summed E-state index contributed by atoms with van der Waals surface area (Å²) in [7, 11) is 1.64. The first-order chi connectivity index (χ1) is 4.33. The molecule has 0 aliphatic heterocycles. The molecule has 1 aromatic rings. The van der Waals surface area contributed by atoms with Gasteiger partial charge in [-0.25, -0.2) is 0 Å². The third-order valence-electron chi connectivity index (χ3n) is 1.13. The fourth-order valence-electron chi connectivity index (χ4n) is 0.677. The van der Waals surface area contributed by atoms with Crippen molar-refractivity contribution >= 4 is 0 Å². The van der Waals surface area contributed by atoms with E-state index in [0.717, 1.165) is 11.3 Å². The summed E-state index contributed by atoms with van der Waals surface area (Å²) in [6.07, 6.45) is 0. The highest BCUT2D eigenvalue weighted by Crippen LogP contribution is 2.09. The molecule has 0 aliphatic carbocycles. The molecule has 1 radical (unpaired) electrons. The molecule has 0 saturated carbocycles. The number of methoxy groups -OCH3 is 1. The average Bonchev–Trinajstić information content (AvgIpc) is 1.88. The van der Waals surface area contributed by atoms with Crippen molar-refractivity contribution < 1.29 is 4.74 Å². The van der Waals surface area contributed by atoms with Crippen LogP contribution >= 0.6 is 0 Å². The first-order valence-electron chi connectivity index (χ1n) is 2.86. The second kappa shape index (κ2) is 2.53. The maximum Gasteiger partial charge on any atom is 0.127 e. The molecule has 0 heterocycles. The molecule has 0 fully saturated rings. The largest absolute Gasteiger partial charge is 0.496 e. The molecule has 0 aromatic heterocycles. The number of aryl methyl sites for hydroxylation is 1. The Morgan fingerprint density at radius 1 is 1.44 bits per heavy atom. The van der Waals surface area contributed by atoms with Crippen molar-refractivity contribution in [3.63, 3.8) is 0 Å². The number of rotatable bonds is 1. The van der Waals surface area contributed by atoms with Crippen LogP contribution in [0.1, 0.15) is 5.56 Å². The maximum absolute atomic E-state index is 4.94. The Morgan fingerprint density at radius 3 is 2.67 bits per heavy atom. The van der Waals surface area contributed by atoms with Crippen molar-refractivity contribution in [2.24, 2.45) is 0 Å². The molecule has 0 saturated heterocycles. The smallest absolute Gasteiger partial charge is 0.127 e. The Labute approximate surface area is 55.3 Å². The lowest BCUT2D eigenvalue weighted by atomic mass is 10.2. The minimum Gasteiger partial charge on any atom is -0.496 e. The number of hydrogen-bond acceptors (Lipinski definition) is 1. The number of benzene rings is 1. The van der Waals surface area contributed by atoms with E-state index in [-0.39, 0.29) is 0 Å². The molecule has 0 spiro atoms. The fourth-order valence-corrected chi connectivity index (χ4v) is 0.677. The van der Waals surface area contributed by atoms with Crippen molar-refractivity contribution in [2.45, 2.75) is 6.92 Å². The molecule has 1 rings (SSSR count). The summed E-state index contributed by atoms with van der Waals surface area (Å²) in [6.45, 7) is 1.99. The maximum atomic E-state index is 4.94. The lowest BCUT2D eigenvalue weighted by Crippen LogP contribution is -1.82. The first-order valence-corrected chi connectivity index (χ1v) is 2.86. The normalized spacial score (nSPS) is 9.11. The molecular weight excluding hydrogens is 112 g/mol. The van der Waals surface area contributed by atoms with Gasteiger partial charge in [0.15, 0.2) is 0 Å². The van der Waals surface area contributed by atoms with Crippen LogP contribution in [-0.4, -0.2) is 7.11 Å². The number of hydrogen-bond donors (Lipinski definition) is 0. The van der Waals surface area contributed by atoms with Gasteiger partial charge in [0, 0.05) is 6.07 Å². The van der Waals surface area contributed by atoms with Crippen LogP contribution in [0.3, 0.4) is 0 Å². The van der Waals surface area contributed by atoms with E-state index >= 15 is 0 Å². The van der Waals surface area contributed by atoms with Crippen LogP contribution in [0, 0.1) is 13.0 Å². The summed E-state index contributed by atoms with van der Waals surface area (Å²) >= 11 is 0. The molecule has 0 bridgehead atoms. The van der Waals surface area contributed by atoms with Crippen LogP contribution in [-0.2, 0) is 0 Å². The third-order valence-corrected chi connectivity index (χ3v) is 1.13. The van der Waals surface area contributed by atoms with E-state index in [1.165, 1.54) is 0 Å². The molecule has 47 valence electrons. The summed E-state index contributed by atoms with van der Waals surface area (Å²) in [5.41, 5.74) is 1.11. The van der Waals surface area contributed by atoms with Gasteiger partial charge in [0.05, 0.1) is 7.11 Å². The minimum atomic E-state index is 0.801. The minimum absolute atomic E-state index is 0.801. The predicted molar refractivity (Wildman–Crippen MR) is 36.6 cm³/mol. The summed E-state index contributed by atoms with van der Waals surface area (Å²) in [4.78, 5) is 0. The highest BCUT2D eigenvalue weighted by atomic mass is 16.5. The second-order valence-electron chi connectivity index (χ2n) is 1.90. The van der Waals surface area contributed by atoms with Crippen molar-refractivity contribution in [3.05, 3.63) is 29.8 Å². The van der Waals surface area contributed by atoms with Crippen LogP contribution in [0.5, 0.6) is 5.75 Å². The molecule has 0 amide bonds. The lowest BCUT2D eigenvalue weighted by molar-refractivity contribution is 0.413. The molecule has 1 aromatic carbocycles. The van der Waals surface area contributed by atoms with Gasteiger partial charge < -0.3 is 4.74 Å². The van der Waals surface area contributed by atoms with Crippen molar-refractivity contribution in [3.8, 4) is 5.75 Å². The zero-order valence-corrected chi connectivity index (χ0v) is 5.64. The van der Waals surface area contributed by atoms with Crippen LogP contribution in [0.4, 0.5) is 0 Å². The molecule has 1 nitrogen and oxygen atoms in total. The quantitative estimate of drug-likeness (QED) is 0.550. The van der Waals surface area contributed by atoms with Crippen LogP contribution < -0.4 is 4.74 Å². The molecular formula is C8H9O. The lowest BCUT2D eigenvalue weighted by Gasteiger charge is -1.96. The highest BCUT2D eigenvalue weighted by Gasteiger charge is 1.87. The van der Waals surface area contributed by atoms with Crippen molar-refractivity contribution in [2.75, 3.05) is 7.11 Å². The van der Waals surface area contributed by atoms with Gasteiger partial charge >= 0.3 is 0 Å². The Morgan fingerprint density at radius 2 is 2.22 bits per heavy atom. The van der Waals surface area contributed by atoms with E-state index in [9.17, 15) is 0 Å². The monoisotopic (exact) mass is 121 g/mol. The van der Waals surface area contributed by atoms with E-state index < -0.39 is 0 Å². The topological polar surface area (TPSA) is 9.23 Å². The average molecular weight is 121 g/mol. The van der Waals surface area contributed by atoms with Gasteiger partial charge in [-0.3, -0.25) is 0 Å². The van der Waals surface area contributed by atoms with Gasteiger partial charge in [0.25, 0.3) is 0 Å². The molecule has 9 heavy (non-hydrogen) atoms. The zero-order valence-electron chi connectivity index (χ0n) is 5.64. The van der Waals surface area contributed by atoms with Crippen molar-refractivity contribution in [1.29, 1.82) is 0 Å². The summed E-state index contributed by atoms with van der Waals surface area (Å²) < 4.78 is 4.94.